The van der Waals surface area contributed by atoms with E-state index < -0.39 is 45.7 Å². The number of halogens is 4. The van der Waals surface area contributed by atoms with Gasteiger partial charge in [-0.05, 0) is 36.9 Å². The first-order chi connectivity index (χ1) is 9.10. The lowest BCUT2D eigenvalue weighted by atomic mass is 10.1. The zero-order valence-electron chi connectivity index (χ0n) is 10.1. The first kappa shape index (κ1) is 16.3. The lowest BCUT2D eigenvalue weighted by molar-refractivity contribution is -0.115. The Bertz CT molecular complexity index is 534. The molecule has 1 aromatic carbocycles. The van der Waals surface area contributed by atoms with E-state index in [1.165, 1.54) is 0 Å². The van der Waals surface area contributed by atoms with Crippen molar-refractivity contribution in [3.05, 3.63) is 29.6 Å². The lowest BCUT2D eigenvalue weighted by Gasteiger charge is -2.14. The zero-order chi connectivity index (χ0) is 15.5. The molecule has 0 spiro atoms. The van der Waals surface area contributed by atoms with E-state index in [1.807, 2.05) is 0 Å². The molecule has 20 heavy (non-hydrogen) atoms. The number of nitrogens with two attached hydrogens (primary N) is 1. The van der Waals surface area contributed by atoms with Crippen LogP contribution in [-0.4, -0.2) is 22.6 Å². The van der Waals surface area contributed by atoms with Crippen molar-refractivity contribution >= 4 is 29.3 Å². The topological polar surface area (TPSA) is 72.2 Å². The van der Waals surface area contributed by atoms with E-state index in [2.05, 4.69) is 5.32 Å². The van der Waals surface area contributed by atoms with Crippen LogP contribution in [-0.2, 0) is 4.79 Å². The molecule has 0 fully saturated rings. The number of nitrogens with one attached hydrogen (secondary N) is 1. The molecule has 0 unspecified atom stereocenters. The van der Waals surface area contributed by atoms with Gasteiger partial charge in [0, 0.05) is 5.69 Å². The van der Waals surface area contributed by atoms with Crippen LogP contribution in [0.3, 0.4) is 0 Å². The van der Waals surface area contributed by atoms with Gasteiger partial charge in [0.05, 0.1) is 10.8 Å². The van der Waals surface area contributed by atoms with Crippen LogP contribution in [0.2, 0.25) is 0 Å². The summed E-state index contributed by atoms with van der Waals surface area (Å²) in [7, 11) is 0. The highest BCUT2D eigenvalue weighted by Gasteiger charge is 2.34. The van der Waals surface area contributed by atoms with Gasteiger partial charge in [0.2, 0.25) is 5.91 Å². The smallest absolute Gasteiger partial charge is 0.366 e. The maximum atomic E-state index is 13.2. The standard InChI is InChI=1S/C11H10F4N2O2S/c1-5(20-11(13,14)15)10(19)17-6-2-3-8(12)7(4-6)9(16)18/h2-5H,1H3,(H2,16,18)(H,17,19)/t5-/m0/s1. The Kier molecular flexibility index (Phi) is 4.98. The van der Waals surface area contributed by atoms with Crippen molar-refractivity contribution < 1.29 is 27.2 Å². The number of alkyl halides is 3. The van der Waals surface area contributed by atoms with Gasteiger partial charge in [-0.15, -0.1) is 0 Å². The number of anilines is 1. The molecule has 9 heteroatoms. The molecular formula is C11H10F4N2O2S. The van der Waals surface area contributed by atoms with Gasteiger partial charge in [0.25, 0.3) is 5.91 Å². The van der Waals surface area contributed by atoms with Crippen LogP contribution < -0.4 is 11.1 Å². The summed E-state index contributed by atoms with van der Waals surface area (Å²) in [5.41, 5.74) is -0.104. The van der Waals surface area contributed by atoms with E-state index in [-0.39, 0.29) is 5.69 Å². The first-order valence-corrected chi connectivity index (χ1v) is 6.13. The Morgan fingerprint density at radius 3 is 2.45 bits per heavy atom. The summed E-state index contributed by atoms with van der Waals surface area (Å²) < 4.78 is 49.5. The van der Waals surface area contributed by atoms with E-state index in [1.54, 1.807) is 0 Å². The SMILES string of the molecule is C[C@H](SC(F)(F)F)C(=O)Nc1ccc(F)c(C(N)=O)c1. The maximum Gasteiger partial charge on any atom is 0.442 e. The molecule has 0 bridgehead atoms. The number of carbonyl (C=O) groups excluding carboxylic acids is 2. The Hall–Kier alpha value is -1.77. The van der Waals surface area contributed by atoms with Gasteiger partial charge in [-0.3, -0.25) is 9.59 Å². The van der Waals surface area contributed by atoms with E-state index in [9.17, 15) is 27.2 Å². The number of hydrogen-bond donors (Lipinski definition) is 2. The molecular weight excluding hydrogens is 300 g/mol. The van der Waals surface area contributed by atoms with Gasteiger partial charge in [-0.1, -0.05) is 0 Å². The molecule has 0 aromatic heterocycles. The monoisotopic (exact) mass is 310 g/mol. The van der Waals surface area contributed by atoms with Gasteiger partial charge in [0.15, 0.2) is 0 Å². The molecule has 1 atom stereocenters. The molecule has 3 N–H and O–H groups in total. The van der Waals surface area contributed by atoms with Gasteiger partial charge in [-0.25, -0.2) is 4.39 Å². The van der Waals surface area contributed by atoms with E-state index in [0.717, 1.165) is 25.1 Å². The van der Waals surface area contributed by atoms with Gasteiger partial charge in [-0.2, -0.15) is 13.2 Å². The van der Waals surface area contributed by atoms with Crippen LogP contribution in [0.25, 0.3) is 0 Å². The fourth-order valence-electron chi connectivity index (χ4n) is 1.29. The summed E-state index contributed by atoms with van der Waals surface area (Å²) >= 11 is -0.480. The van der Waals surface area contributed by atoms with Crippen LogP contribution in [0, 0.1) is 5.82 Å². The number of amides is 2. The number of primary amides is 1. The molecule has 0 heterocycles. The normalized spacial score (nSPS) is 12.8. The molecule has 0 aliphatic rings. The number of benzene rings is 1. The van der Waals surface area contributed by atoms with Crippen molar-refractivity contribution in [2.24, 2.45) is 5.73 Å². The minimum Gasteiger partial charge on any atom is -0.366 e. The molecule has 110 valence electrons. The minimum absolute atomic E-state index is 0.0141. The highest BCUT2D eigenvalue weighted by Crippen LogP contribution is 2.34. The number of thioether (sulfide) groups is 1. The molecule has 2 amide bonds. The summed E-state index contributed by atoms with van der Waals surface area (Å²) in [6.45, 7) is 1.08. The van der Waals surface area contributed by atoms with Crippen molar-refractivity contribution in [3.63, 3.8) is 0 Å². The van der Waals surface area contributed by atoms with Crippen molar-refractivity contribution in [2.45, 2.75) is 17.7 Å². The summed E-state index contributed by atoms with van der Waals surface area (Å²) in [6, 6.07) is 2.96. The maximum absolute atomic E-state index is 13.2. The summed E-state index contributed by atoms with van der Waals surface area (Å²) in [4.78, 5) is 22.4. The van der Waals surface area contributed by atoms with E-state index in [4.69, 9.17) is 5.73 Å². The largest absolute Gasteiger partial charge is 0.442 e. The molecule has 1 aromatic rings. The molecule has 4 nitrogen and oxygen atoms in total. The number of rotatable bonds is 4. The van der Waals surface area contributed by atoms with Gasteiger partial charge >= 0.3 is 5.51 Å². The third-order valence-corrected chi connectivity index (χ3v) is 3.01. The second-order valence-electron chi connectivity index (χ2n) is 3.75. The molecule has 0 aliphatic heterocycles. The molecule has 0 aliphatic carbocycles. The average molecular weight is 310 g/mol. The highest BCUT2D eigenvalue weighted by molar-refractivity contribution is 8.01. The molecule has 1 rings (SSSR count). The highest BCUT2D eigenvalue weighted by atomic mass is 32.2. The Morgan fingerprint density at radius 1 is 1.35 bits per heavy atom. The molecule has 0 saturated carbocycles. The van der Waals surface area contributed by atoms with Crippen molar-refractivity contribution in [2.75, 3.05) is 5.32 Å². The summed E-state index contributed by atoms with van der Waals surface area (Å²) in [5, 5.41) is 0.761. The third-order valence-electron chi connectivity index (χ3n) is 2.18. The number of carbonyl (C=O) groups is 2. The second-order valence-corrected chi connectivity index (χ2v) is 5.16. The van der Waals surface area contributed by atoms with Crippen LogP contribution in [0.1, 0.15) is 17.3 Å². The average Bonchev–Trinajstić information content (AvgIpc) is 2.28. The number of hydrogen-bond acceptors (Lipinski definition) is 3. The van der Waals surface area contributed by atoms with Crippen LogP contribution in [0.4, 0.5) is 23.2 Å². The van der Waals surface area contributed by atoms with Gasteiger partial charge < -0.3 is 11.1 Å². The third kappa shape index (κ3) is 4.72. The van der Waals surface area contributed by atoms with Crippen molar-refractivity contribution in [1.29, 1.82) is 0 Å². The van der Waals surface area contributed by atoms with Crippen molar-refractivity contribution in [1.82, 2.24) is 0 Å². The lowest BCUT2D eigenvalue weighted by Crippen LogP contribution is -2.25. The Morgan fingerprint density at radius 2 is 1.95 bits per heavy atom. The summed E-state index contributed by atoms with van der Waals surface area (Å²) in [6.07, 6.45) is 0. The van der Waals surface area contributed by atoms with Gasteiger partial charge in [0.1, 0.15) is 5.82 Å². The zero-order valence-corrected chi connectivity index (χ0v) is 10.9. The second kappa shape index (κ2) is 6.12. The first-order valence-electron chi connectivity index (χ1n) is 5.25. The quantitative estimate of drug-likeness (QED) is 0.839. The van der Waals surface area contributed by atoms with Crippen LogP contribution in [0.15, 0.2) is 18.2 Å². The van der Waals surface area contributed by atoms with E-state index in [0.29, 0.717) is 0 Å². The minimum atomic E-state index is -4.54. The fraction of sp³-hybridized carbons (Fsp3) is 0.273. The predicted octanol–water partition coefficient (Wildman–Crippen LogP) is 2.50. The van der Waals surface area contributed by atoms with Crippen LogP contribution in [0.5, 0.6) is 0 Å². The molecule has 0 saturated heterocycles. The fourth-order valence-corrected chi connectivity index (χ4v) is 1.86. The Balaban J connectivity index is 2.81. The van der Waals surface area contributed by atoms with Crippen LogP contribution >= 0.6 is 11.8 Å². The predicted molar refractivity (Wildman–Crippen MR) is 66.7 cm³/mol. The Labute approximate surface area is 115 Å². The van der Waals surface area contributed by atoms with E-state index >= 15 is 0 Å². The summed E-state index contributed by atoms with van der Waals surface area (Å²) in [5.74, 6) is -2.85. The van der Waals surface area contributed by atoms with Crippen molar-refractivity contribution in [3.8, 4) is 0 Å². The molecule has 0 radical (unpaired) electrons.